The summed E-state index contributed by atoms with van der Waals surface area (Å²) in [5.41, 5.74) is 5.79. The molecular formula is C11H15FN2O2. The van der Waals surface area contributed by atoms with E-state index in [1.54, 1.807) is 18.2 Å². The Kier molecular flexibility index (Phi) is 4.39. The molecule has 0 bridgehead atoms. The van der Waals surface area contributed by atoms with Crippen molar-refractivity contribution in [2.45, 2.75) is 12.6 Å². The molecule has 0 aliphatic heterocycles. The zero-order valence-corrected chi connectivity index (χ0v) is 9.06. The van der Waals surface area contributed by atoms with Crippen molar-refractivity contribution in [3.63, 3.8) is 0 Å². The lowest BCUT2D eigenvalue weighted by atomic mass is 10.2. The Morgan fingerprint density at radius 2 is 2.19 bits per heavy atom. The number of carbonyl (C=O) groups is 1. The molecule has 0 aromatic heterocycles. The van der Waals surface area contributed by atoms with Gasteiger partial charge in [-0.15, -0.1) is 0 Å². The van der Waals surface area contributed by atoms with Crippen molar-refractivity contribution in [2.24, 2.45) is 5.73 Å². The molecule has 5 heteroatoms. The Bertz CT molecular complexity index is 371. The van der Waals surface area contributed by atoms with E-state index in [0.717, 1.165) is 0 Å². The second-order valence-electron chi connectivity index (χ2n) is 3.57. The number of likely N-dealkylation sites (N-methyl/N-ethyl adjacent to an activating group) is 1. The molecular weight excluding hydrogens is 211 g/mol. The molecule has 16 heavy (non-hydrogen) atoms. The van der Waals surface area contributed by atoms with E-state index in [0.29, 0.717) is 5.56 Å². The number of hydrogen-bond donors (Lipinski definition) is 2. The standard InChI is InChI=1S/C11H15FN2O2/c1-14(11(16)10(13)7-15)6-8-4-2-3-5-9(8)12/h2-5,10,15H,6-7,13H2,1H3. The summed E-state index contributed by atoms with van der Waals surface area (Å²) < 4.78 is 13.3. The van der Waals surface area contributed by atoms with Gasteiger partial charge in [-0.25, -0.2) is 4.39 Å². The zero-order chi connectivity index (χ0) is 12.1. The highest BCUT2D eigenvalue weighted by Crippen LogP contribution is 2.09. The molecule has 3 N–H and O–H groups in total. The largest absolute Gasteiger partial charge is 0.394 e. The van der Waals surface area contributed by atoms with Crippen molar-refractivity contribution in [2.75, 3.05) is 13.7 Å². The number of hydrogen-bond acceptors (Lipinski definition) is 3. The molecule has 4 nitrogen and oxygen atoms in total. The van der Waals surface area contributed by atoms with E-state index in [1.165, 1.54) is 18.0 Å². The van der Waals surface area contributed by atoms with E-state index in [1.807, 2.05) is 0 Å². The molecule has 0 fully saturated rings. The third-order valence-corrected chi connectivity index (χ3v) is 2.26. The van der Waals surface area contributed by atoms with E-state index >= 15 is 0 Å². The molecule has 0 heterocycles. The normalized spacial score (nSPS) is 12.2. The number of amides is 1. The average molecular weight is 226 g/mol. The van der Waals surface area contributed by atoms with Crippen molar-refractivity contribution in [1.29, 1.82) is 0 Å². The predicted molar refractivity (Wildman–Crippen MR) is 57.9 cm³/mol. The van der Waals surface area contributed by atoms with Crippen LogP contribution >= 0.6 is 0 Å². The minimum Gasteiger partial charge on any atom is -0.394 e. The van der Waals surface area contributed by atoms with Gasteiger partial charge in [-0.3, -0.25) is 4.79 Å². The fraction of sp³-hybridized carbons (Fsp3) is 0.364. The van der Waals surface area contributed by atoms with E-state index in [9.17, 15) is 9.18 Å². The van der Waals surface area contributed by atoms with Crippen molar-refractivity contribution in [3.05, 3.63) is 35.6 Å². The average Bonchev–Trinajstić information content (AvgIpc) is 2.30. The highest BCUT2D eigenvalue weighted by atomic mass is 19.1. The maximum atomic E-state index is 13.3. The first-order valence-corrected chi connectivity index (χ1v) is 4.91. The van der Waals surface area contributed by atoms with Crippen molar-refractivity contribution < 1.29 is 14.3 Å². The second kappa shape index (κ2) is 5.58. The zero-order valence-electron chi connectivity index (χ0n) is 9.06. The second-order valence-corrected chi connectivity index (χ2v) is 3.57. The summed E-state index contributed by atoms with van der Waals surface area (Å²) in [5.74, 6) is -0.773. The van der Waals surface area contributed by atoms with Gasteiger partial charge in [0.2, 0.25) is 5.91 Å². The molecule has 0 aliphatic rings. The monoisotopic (exact) mass is 226 g/mol. The molecule has 0 spiro atoms. The molecule has 0 saturated carbocycles. The van der Waals surface area contributed by atoms with Crippen LogP contribution in [0.1, 0.15) is 5.56 Å². The number of aliphatic hydroxyl groups excluding tert-OH is 1. The topological polar surface area (TPSA) is 66.6 Å². The van der Waals surface area contributed by atoms with Gasteiger partial charge in [0.15, 0.2) is 0 Å². The highest BCUT2D eigenvalue weighted by Gasteiger charge is 2.17. The van der Waals surface area contributed by atoms with E-state index in [4.69, 9.17) is 10.8 Å². The van der Waals surface area contributed by atoms with Crippen molar-refractivity contribution in [3.8, 4) is 0 Å². The summed E-state index contributed by atoms with van der Waals surface area (Å²) in [6.45, 7) is -0.278. The van der Waals surface area contributed by atoms with E-state index in [-0.39, 0.29) is 12.4 Å². The quantitative estimate of drug-likeness (QED) is 0.765. The summed E-state index contributed by atoms with van der Waals surface area (Å²) in [5, 5.41) is 8.73. The number of nitrogens with two attached hydrogens (primary N) is 1. The van der Waals surface area contributed by atoms with Crippen LogP contribution in [0, 0.1) is 5.82 Å². The van der Waals surface area contributed by atoms with Crippen LogP contribution in [-0.2, 0) is 11.3 Å². The van der Waals surface area contributed by atoms with Crippen LogP contribution in [0.2, 0.25) is 0 Å². The third kappa shape index (κ3) is 3.01. The molecule has 1 aromatic rings. The Hall–Kier alpha value is -1.46. The maximum Gasteiger partial charge on any atom is 0.241 e. The lowest BCUT2D eigenvalue weighted by Gasteiger charge is -2.20. The summed E-state index contributed by atoms with van der Waals surface area (Å²) in [6.07, 6.45) is 0. The van der Waals surface area contributed by atoms with Crippen LogP contribution in [0.15, 0.2) is 24.3 Å². The fourth-order valence-corrected chi connectivity index (χ4v) is 1.32. The van der Waals surface area contributed by atoms with Gasteiger partial charge in [0.25, 0.3) is 0 Å². The van der Waals surface area contributed by atoms with Crippen LogP contribution in [0.5, 0.6) is 0 Å². The summed E-state index contributed by atoms with van der Waals surface area (Å²) in [7, 11) is 1.52. The summed E-state index contributed by atoms with van der Waals surface area (Å²) in [6, 6.07) is 5.27. The maximum absolute atomic E-state index is 13.3. The number of benzene rings is 1. The summed E-state index contributed by atoms with van der Waals surface area (Å²) >= 11 is 0. The smallest absolute Gasteiger partial charge is 0.241 e. The predicted octanol–water partition coefficient (Wildman–Crippen LogP) is 0.104. The van der Waals surface area contributed by atoms with Crippen molar-refractivity contribution in [1.82, 2.24) is 4.90 Å². The van der Waals surface area contributed by atoms with Crippen LogP contribution in [0.4, 0.5) is 4.39 Å². The Labute approximate surface area is 93.5 Å². The van der Waals surface area contributed by atoms with Gasteiger partial charge >= 0.3 is 0 Å². The van der Waals surface area contributed by atoms with Crippen LogP contribution < -0.4 is 5.73 Å². The number of halogens is 1. The fourth-order valence-electron chi connectivity index (χ4n) is 1.32. The first-order chi connectivity index (χ1) is 7.56. The van der Waals surface area contributed by atoms with Gasteiger partial charge in [0.1, 0.15) is 11.9 Å². The molecule has 1 amide bonds. The Morgan fingerprint density at radius 1 is 1.56 bits per heavy atom. The third-order valence-electron chi connectivity index (χ3n) is 2.26. The minimum absolute atomic E-state index is 0.138. The molecule has 0 saturated heterocycles. The Balaban J connectivity index is 2.68. The highest BCUT2D eigenvalue weighted by molar-refractivity contribution is 5.81. The lowest BCUT2D eigenvalue weighted by molar-refractivity contribution is -0.132. The molecule has 88 valence electrons. The van der Waals surface area contributed by atoms with E-state index < -0.39 is 18.6 Å². The van der Waals surface area contributed by atoms with Gasteiger partial charge < -0.3 is 15.7 Å². The lowest BCUT2D eigenvalue weighted by Crippen LogP contribution is -2.43. The van der Waals surface area contributed by atoms with Crippen LogP contribution in [0.3, 0.4) is 0 Å². The summed E-state index contributed by atoms with van der Waals surface area (Å²) in [4.78, 5) is 12.8. The number of aliphatic hydroxyl groups is 1. The van der Waals surface area contributed by atoms with Crippen LogP contribution in [0.25, 0.3) is 0 Å². The van der Waals surface area contributed by atoms with Gasteiger partial charge in [0, 0.05) is 19.2 Å². The van der Waals surface area contributed by atoms with Gasteiger partial charge in [0.05, 0.1) is 6.61 Å². The first-order valence-electron chi connectivity index (χ1n) is 4.91. The minimum atomic E-state index is -0.947. The number of rotatable bonds is 4. The van der Waals surface area contributed by atoms with Crippen molar-refractivity contribution >= 4 is 5.91 Å². The van der Waals surface area contributed by atoms with E-state index in [2.05, 4.69) is 0 Å². The van der Waals surface area contributed by atoms with Gasteiger partial charge in [-0.05, 0) is 6.07 Å². The molecule has 1 atom stereocenters. The van der Waals surface area contributed by atoms with Gasteiger partial charge in [-0.1, -0.05) is 18.2 Å². The molecule has 0 aliphatic carbocycles. The first kappa shape index (κ1) is 12.6. The SMILES string of the molecule is CN(Cc1ccccc1F)C(=O)C(N)CO. The Morgan fingerprint density at radius 3 is 2.75 bits per heavy atom. The molecule has 1 rings (SSSR count). The molecule has 1 aromatic carbocycles. The molecule has 0 radical (unpaired) electrons. The van der Waals surface area contributed by atoms with Gasteiger partial charge in [-0.2, -0.15) is 0 Å². The number of nitrogens with zero attached hydrogens (tertiary/aromatic N) is 1. The van der Waals surface area contributed by atoms with Crippen LogP contribution in [-0.4, -0.2) is 35.6 Å². The number of carbonyl (C=O) groups excluding carboxylic acids is 1. The molecule has 1 unspecified atom stereocenters.